The largest absolute Gasteiger partial charge is 0.507 e. The molecule has 318 valence electrons. The molecule has 0 amide bonds. The lowest BCUT2D eigenvalue weighted by molar-refractivity contribution is 0.477. The van der Waals surface area contributed by atoms with Gasteiger partial charge in [0.05, 0.1) is 17.1 Å². The van der Waals surface area contributed by atoms with Gasteiger partial charge in [0, 0.05) is 46.2 Å². The van der Waals surface area contributed by atoms with Gasteiger partial charge in [0.1, 0.15) is 5.75 Å². The van der Waals surface area contributed by atoms with E-state index in [2.05, 4.69) is 194 Å². The van der Waals surface area contributed by atoms with Crippen molar-refractivity contribution in [1.29, 1.82) is 0 Å². The lowest BCUT2D eigenvalue weighted by Crippen LogP contribution is -1.93. The van der Waals surface area contributed by atoms with Crippen molar-refractivity contribution < 1.29 is 5.11 Å². The van der Waals surface area contributed by atoms with Crippen molar-refractivity contribution >= 4 is 10.8 Å². The second kappa shape index (κ2) is 17.7. The summed E-state index contributed by atoms with van der Waals surface area (Å²) in [7, 11) is 0. The Labute approximate surface area is 391 Å². The molecule has 1 N–H and O–H groups in total. The standard InChI is InChI=1S/C63H45N3O/c1-41-29-31-64-60(33-41)45-23-19-43(20-24-45)53-13-5-7-15-55(53)50-35-51(56-16-8-6-14-54(56)44-21-25-46(26-22-44)61-34-42(2)30-32-65-61)37-52(36-50)57-17-9-10-18-58(57)59-28-27-48(39-63(59)67)62-38-47-11-3-4-12-49(47)40-66-62/h3-40,67H,1-2H3. The molecule has 0 bridgehead atoms. The molecule has 0 spiro atoms. The van der Waals surface area contributed by atoms with Gasteiger partial charge in [-0.25, -0.2) is 0 Å². The molecule has 67 heavy (non-hydrogen) atoms. The molecule has 0 aliphatic heterocycles. The van der Waals surface area contributed by atoms with Crippen LogP contribution in [0.1, 0.15) is 11.1 Å². The molecule has 0 atom stereocenters. The quantitative estimate of drug-likeness (QED) is 0.157. The molecular formula is C63H45N3O. The molecule has 11 rings (SSSR count). The summed E-state index contributed by atoms with van der Waals surface area (Å²) < 4.78 is 0. The smallest absolute Gasteiger partial charge is 0.124 e. The van der Waals surface area contributed by atoms with Crippen LogP contribution in [0.25, 0.3) is 111 Å². The topological polar surface area (TPSA) is 58.9 Å². The molecule has 0 saturated heterocycles. The monoisotopic (exact) mass is 859 g/mol. The maximum atomic E-state index is 11.9. The second-order valence-corrected chi connectivity index (χ2v) is 17.2. The fourth-order valence-electron chi connectivity index (χ4n) is 9.23. The van der Waals surface area contributed by atoms with Crippen LogP contribution in [0.2, 0.25) is 0 Å². The molecular weight excluding hydrogens is 815 g/mol. The number of phenols is 1. The Balaban J connectivity index is 1.05. The van der Waals surface area contributed by atoms with Gasteiger partial charge < -0.3 is 5.11 Å². The number of hydrogen-bond acceptors (Lipinski definition) is 4. The molecule has 3 heterocycles. The lowest BCUT2D eigenvalue weighted by Gasteiger charge is -2.18. The zero-order valence-electron chi connectivity index (χ0n) is 37.2. The molecule has 0 aliphatic carbocycles. The molecule has 0 unspecified atom stereocenters. The van der Waals surface area contributed by atoms with Crippen LogP contribution in [0.5, 0.6) is 5.75 Å². The molecule has 11 aromatic rings. The normalized spacial score (nSPS) is 11.2. The van der Waals surface area contributed by atoms with E-state index >= 15 is 0 Å². The first-order chi connectivity index (χ1) is 32.9. The van der Waals surface area contributed by atoms with Crippen molar-refractivity contribution in [3.63, 3.8) is 0 Å². The Kier molecular flexibility index (Phi) is 10.8. The highest BCUT2D eigenvalue weighted by molar-refractivity contribution is 5.95. The average Bonchev–Trinajstić information content (AvgIpc) is 3.38. The number of aryl methyl sites for hydroxylation is 2. The van der Waals surface area contributed by atoms with Crippen molar-refractivity contribution in [2.45, 2.75) is 13.8 Å². The van der Waals surface area contributed by atoms with Gasteiger partial charge in [-0.2, -0.15) is 0 Å². The number of phenolic OH excluding ortho intramolecular Hbond substituents is 1. The maximum absolute atomic E-state index is 11.9. The van der Waals surface area contributed by atoms with E-state index in [4.69, 9.17) is 4.98 Å². The first-order valence-electron chi connectivity index (χ1n) is 22.6. The summed E-state index contributed by atoms with van der Waals surface area (Å²) in [6.45, 7) is 4.19. The number of benzene rings is 8. The minimum absolute atomic E-state index is 0.195. The van der Waals surface area contributed by atoms with E-state index in [0.717, 1.165) is 111 Å². The van der Waals surface area contributed by atoms with E-state index in [0.29, 0.717) is 0 Å². The number of hydrogen-bond donors (Lipinski definition) is 1. The zero-order valence-corrected chi connectivity index (χ0v) is 37.2. The molecule has 0 saturated carbocycles. The van der Waals surface area contributed by atoms with Crippen molar-refractivity contribution in [2.75, 3.05) is 0 Å². The molecule has 0 aliphatic rings. The molecule has 4 heteroatoms. The highest BCUT2D eigenvalue weighted by Crippen LogP contribution is 2.44. The first-order valence-corrected chi connectivity index (χ1v) is 22.6. The van der Waals surface area contributed by atoms with Gasteiger partial charge >= 0.3 is 0 Å². The fourth-order valence-corrected chi connectivity index (χ4v) is 9.23. The van der Waals surface area contributed by atoms with Crippen molar-refractivity contribution in [3.8, 4) is 106 Å². The minimum atomic E-state index is 0.195. The van der Waals surface area contributed by atoms with Gasteiger partial charge in [0.2, 0.25) is 0 Å². The minimum Gasteiger partial charge on any atom is -0.507 e. The molecule has 8 aromatic carbocycles. The number of aromatic nitrogens is 3. The SMILES string of the molecule is Cc1ccnc(-c2ccc(-c3ccccc3-c3cc(-c4ccccc4-c4ccc(-c5cc(C)ccn5)cc4)cc(-c4ccccc4-c4ccc(-c5cc6ccccc6cn5)cc4O)c3)cc2)c1. The summed E-state index contributed by atoms with van der Waals surface area (Å²) in [6.07, 6.45) is 5.63. The van der Waals surface area contributed by atoms with Crippen LogP contribution in [-0.4, -0.2) is 20.1 Å². The van der Waals surface area contributed by atoms with Gasteiger partial charge in [-0.15, -0.1) is 0 Å². The third-order valence-electron chi connectivity index (χ3n) is 12.7. The van der Waals surface area contributed by atoms with Gasteiger partial charge in [-0.1, -0.05) is 152 Å². The van der Waals surface area contributed by atoms with Crippen LogP contribution in [0.15, 0.2) is 231 Å². The maximum Gasteiger partial charge on any atom is 0.124 e. The zero-order chi connectivity index (χ0) is 45.3. The van der Waals surface area contributed by atoms with Crippen LogP contribution in [-0.2, 0) is 0 Å². The summed E-state index contributed by atoms with van der Waals surface area (Å²) >= 11 is 0. The average molecular weight is 860 g/mol. The van der Waals surface area contributed by atoms with E-state index in [1.54, 1.807) is 0 Å². The third kappa shape index (κ3) is 8.29. The Bertz CT molecular complexity index is 3460. The van der Waals surface area contributed by atoms with Crippen molar-refractivity contribution in [1.82, 2.24) is 15.0 Å². The highest BCUT2D eigenvalue weighted by Gasteiger charge is 2.18. The van der Waals surface area contributed by atoms with Crippen LogP contribution >= 0.6 is 0 Å². The number of rotatable bonds is 9. The van der Waals surface area contributed by atoms with Crippen LogP contribution in [0.4, 0.5) is 0 Å². The number of fused-ring (bicyclic) bond motifs is 1. The van der Waals surface area contributed by atoms with Gasteiger partial charge in [0.25, 0.3) is 0 Å². The Morgan fingerprint density at radius 2 is 0.672 bits per heavy atom. The number of pyridine rings is 3. The molecule has 0 radical (unpaired) electrons. The predicted molar refractivity (Wildman–Crippen MR) is 277 cm³/mol. The summed E-state index contributed by atoms with van der Waals surface area (Å²) in [6, 6.07) is 74.5. The summed E-state index contributed by atoms with van der Waals surface area (Å²) in [4.78, 5) is 14.0. The van der Waals surface area contributed by atoms with E-state index in [1.807, 2.05) is 61.1 Å². The predicted octanol–water partition coefficient (Wildman–Crippen LogP) is 16.4. The van der Waals surface area contributed by atoms with E-state index in [9.17, 15) is 5.11 Å². The van der Waals surface area contributed by atoms with E-state index in [-0.39, 0.29) is 5.75 Å². The summed E-state index contributed by atoms with van der Waals surface area (Å²) in [5.41, 5.74) is 20.7. The van der Waals surface area contributed by atoms with Crippen LogP contribution < -0.4 is 0 Å². The fraction of sp³-hybridized carbons (Fsp3) is 0.0317. The Morgan fingerprint density at radius 1 is 0.284 bits per heavy atom. The lowest BCUT2D eigenvalue weighted by atomic mass is 9.86. The number of aromatic hydroxyl groups is 1. The Hall–Kier alpha value is -8.73. The van der Waals surface area contributed by atoms with Crippen LogP contribution in [0.3, 0.4) is 0 Å². The van der Waals surface area contributed by atoms with Crippen LogP contribution in [0, 0.1) is 13.8 Å². The summed E-state index contributed by atoms with van der Waals surface area (Å²) in [5, 5.41) is 14.0. The van der Waals surface area contributed by atoms with E-state index < -0.39 is 0 Å². The molecule has 3 aromatic heterocycles. The molecule has 0 fully saturated rings. The highest BCUT2D eigenvalue weighted by atomic mass is 16.3. The van der Waals surface area contributed by atoms with Crippen molar-refractivity contribution in [2.24, 2.45) is 0 Å². The summed E-state index contributed by atoms with van der Waals surface area (Å²) in [5.74, 6) is 0.195. The Morgan fingerprint density at radius 3 is 1.15 bits per heavy atom. The van der Waals surface area contributed by atoms with Crippen molar-refractivity contribution in [3.05, 3.63) is 242 Å². The third-order valence-corrected chi connectivity index (χ3v) is 12.7. The van der Waals surface area contributed by atoms with Gasteiger partial charge in [-0.05, 0) is 152 Å². The molecule has 4 nitrogen and oxygen atoms in total. The first kappa shape index (κ1) is 41.0. The van der Waals surface area contributed by atoms with Gasteiger partial charge in [0.15, 0.2) is 0 Å². The second-order valence-electron chi connectivity index (χ2n) is 17.2. The van der Waals surface area contributed by atoms with E-state index in [1.165, 1.54) is 11.1 Å². The number of nitrogens with zero attached hydrogens (tertiary/aromatic N) is 3. The van der Waals surface area contributed by atoms with Gasteiger partial charge in [-0.3, -0.25) is 15.0 Å².